The van der Waals surface area contributed by atoms with Crippen LogP contribution in [0.1, 0.15) is 85.1 Å². The van der Waals surface area contributed by atoms with Crippen LogP contribution in [0.2, 0.25) is 0 Å². The molecule has 0 spiro atoms. The molecular weight excluding hydrogens is 795 g/mol. The fraction of sp³-hybridized carbons (Fsp3) is 0.512. The molecule has 4 amide bonds. The zero-order valence-corrected chi connectivity index (χ0v) is 33.3. The normalized spacial score (nSPS) is 24.9. The van der Waals surface area contributed by atoms with E-state index in [-0.39, 0.29) is 54.2 Å². The van der Waals surface area contributed by atoms with Crippen molar-refractivity contribution in [2.24, 2.45) is 5.92 Å². The molecule has 10 rings (SSSR count). The van der Waals surface area contributed by atoms with Crippen LogP contribution >= 0.6 is 0 Å². The number of halogens is 2. The predicted molar refractivity (Wildman–Crippen MR) is 215 cm³/mol. The van der Waals surface area contributed by atoms with E-state index in [0.29, 0.717) is 46.9 Å². The lowest BCUT2D eigenvalue weighted by Crippen LogP contribution is -2.49. The minimum absolute atomic E-state index is 0.0212. The summed E-state index contributed by atoms with van der Waals surface area (Å²) in [5, 5.41) is 21.3. The van der Waals surface area contributed by atoms with Gasteiger partial charge in [0.2, 0.25) is 17.7 Å². The minimum Gasteiger partial charge on any atom is -0.374 e. The Kier molecular flexibility index (Phi) is 10.4. The van der Waals surface area contributed by atoms with Crippen molar-refractivity contribution < 1.29 is 37.2 Å². The number of alkyl halides is 2. The standard InChI is InChI=1S/C41H46F2N12O6/c42-38(43)36-31(46-41(59)29-17-44-54-11-10-32(47-39(29)54)53-19-26-16-25(53)22-60-26)20-55(49-36)24-6-4-23(5-7-24)18-51-12-14-52(15-13-51)21-34(57)45-30-3-1-2-27-35(50-61-37(27)30)28-8-9-33(56)48-40(28)58/h1-3,10-11,17,20,23-26,28,38H,4-9,12-16,18-19,21-22H2,(H,45,57)(H,46,59)(H,48,56,58)/t23?,24?,25-,26-,28+/m1/s1. The number of benzene rings is 1. The Morgan fingerprint density at radius 2 is 1.79 bits per heavy atom. The molecule has 4 saturated heterocycles. The fourth-order valence-electron chi connectivity index (χ4n) is 9.66. The number of carbonyl (C=O) groups is 4. The van der Waals surface area contributed by atoms with Crippen LogP contribution in [0.15, 0.2) is 47.4 Å². The summed E-state index contributed by atoms with van der Waals surface area (Å²) in [6.07, 6.45) is 6.87. The highest BCUT2D eigenvalue weighted by Crippen LogP contribution is 2.37. The Hall–Kier alpha value is -5.86. The van der Waals surface area contributed by atoms with E-state index in [2.05, 4.69) is 46.0 Å². The Morgan fingerprint density at radius 3 is 2.54 bits per heavy atom. The first-order chi connectivity index (χ1) is 29.6. The van der Waals surface area contributed by atoms with Gasteiger partial charge in [0.15, 0.2) is 16.9 Å². The average molecular weight is 841 g/mol. The zero-order valence-electron chi connectivity index (χ0n) is 33.3. The molecule has 5 aliphatic rings. The molecule has 5 fully saturated rings. The van der Waals surface area contributed by atoms with Crippen LogP contribution in [0.4, 0.5) is 26.0 Å². The van der Waals surface area contributed by atoms with Gasteiger partial charge < -0.3 is 29.7 Å². The van der Waals surface area contributed by atoms with Crippen LogP contribution in [-0.2, 0) is 19.1 Å². The van der Waals surface area contributed by atoms with Crippen molar-refractivity contribution in [3.05, 3.63) is 59.8 Å². The first-order valence-electron chi connectivity index (χ1n) is 21.0. The van der Waals surface area contributed by atoms with E-state index in [4.69, 9.17) is 14.2 Å². The van der Waals surface area contributed by atoms with Crippen LogP contribution in [0.3, 0.4) is 0 Å². The summed E-state index contributed by atoms with van der Waals surface area (Å²) < 4.78 is 43.0. The van der Waals surface area contributed by atoms with Crippen LogP contribution in [0.5, 0.6) is 0 Å². The predicted octanol–water partition coefficient (Wildman–Crippen LogP) is 3.74. The molecule has 0 unspecified atom stereocenters. The first kappa shape index (κ1) is 39.3. The van der Waals surface area contributed by atoms with Gasteiger partial charge in [-0.15, -0.1) is 0 Å². The van der Waals surface area contributed by atoms with Crippen molar-refractivity contribution in [2.75, 3.05) is 68.0 Å². The van der Waals surface area contributed by atoms with Gasteiger partial charge in [0.1, 0.15) is 17.1 Å². The van der Waals surface area contributed by atoms with Crippen molar-refractivity contribution in [1.29, 1.82) is 0 Å². The number of piperazine rings is 1. The van der Waals surface area contributed by atoms with Gasteiger partial charge in [-0.05, 0) is 62.6 Å². The second-order valence-corrected chi connectivity index (χ2v) is 16.8. The van der Waals surface area contributed by atoms with Gasteiger partial charge in [0.25, 0.3) is 12.3 Å². The van der Waals surface area contributed by atoms with Crippen molar-refractivity contribution in [1.82, 2.24) is 44.7 Å². The lowest BCUT2D eigenvalue weighted by molar-refractivity contribution is -0.134. The van der Waals surface area contributed by atoms with E-state index < -0.39 is 29.9 Å². The van der Waals surface area contributed by atoms with E-state index in [9.17, 15) is 28.0 Å². The number of imide groups is 1. The van der Waals surface area contributed by atoms with Gasteiger partial charge in [-0.1, -0.05) is 11.2 Å². The number of piperidine rings is 1. The molecule has 320 valence electrons. The third-order valence-corrected chi connectivity index (χ3v) is 12.9. The average Bonchev–Trinajstić information content (AvgIpc) is 4.11. The number of rotatable bonds is 11. The molecule has 61 heavy (non-hydrogen) atoms. The number of para-hydroxylation sites is 1. The number of nitrogens with zero attached hydrogens (tertiary/aromatic N) is 9. The Morgan fingerprint density at radius 1 is 0.967 bits per heavy atom. The summed E-state index contributed by atoms with van der Waals surface area (Å²) in [7, 11) is 0. The Labute approximate surface area is 347 Å². The third-order valence-electron chi connectivity index (χ3n) is 12.9. The van der Waals surface area contributed by atoms with Crippen LogP contribution < -0.4 is 20.9 Å². The van der Waals surface area contributed by atoms with Gasteiger partial charge in [-0.3, -0.25) is 34.1 Å². The molecule has 1 aliphatic carbocycles. The largest absolute Gasteiger partial charge is 0.374 e. The fourth-order valence-corrected chi connectivity index (χ4v) is 9.66. The molecule has 1 aromatic carbocycles. The highest BCUT2D eigenvalue weighted by molar-refractivity contribution is 6.08. The van der Waals surface area contributed by atoms with E-state index >= 15 is 0 Å². The number of amides is 4. The summed E-state index contributed by atoms with van der Waals surface area (Å²) in [5.41, 5.74) is 1.35. The monoisotopic (exact) mass is 840 g/mol. The Balaban J connectivity index is 0.699. The second kappa shape index (κ2) is 16.2. The number of hydrogen-bond donors (Lipinski definition) is 3. The highest BCUT2D eigenvalue weighted by atomic mass is 19.3. The molecule has 5 aromatic rings. The maximum atomic E-state index is 14.3. The number of anilines is 3. The molecule has 8 heterocycles. The number of carbonyl (C=O) groups excluding carboxylic acids is 4. The number of fused-ring (bicyclic) bond motifs is 4. The van der Waals surface area contributed by atoms with Gasteiger partial charge in [0, 0.05) is 63.5 Å². The zero-order chi connectivity index (χ0) is 41.8. The molecule has 4 aliphatic heterocycles. The molecule has 0 radical (unpaired) electrons. The van der Waals surface area contributed by atoms with E-state index in [1.165, 1.54) is 16.9 Å². The SMILES string of the molecule is O=C1CC[C@@H](c2noc3c(NC(=O)CN4CCN(CC5CCC(n6cc(NC(=O)c7cnn8ccc(N9C[C@H]%10C[C@@H]9CO%10)nc78)c(C(F)F)n6)CC5)CC4)cccc23)C(=O)N1. The van der Waals surface area contributed by atoms with Crippen molar-refractivity contribution in [3.8, 4) is 0 Å². The molecule has 1 saturated carbocycles. The van der Waals surface area contributed by atoms with Crippen LogP contribution in [0.25, 0.3) is 16.6 Å². The van der Waals surface area contributed by atoms with Crippen LogP contribution in [-0.4, -0.2) is 128 Å². The van der Waals surface area contributed by atoms with Gasteiger partial charge in [-0.25, -0.2) is 18.3 Å². The molecule has 3 N–H and O–H groups in total. The minimum atomic E-state index is -2.87. The summed E-state index contributed by atoms with van der Waals surface area (Å²) in [4.78, 5) is 62.2. The van der Waals surface area contributed by atoms with Gasteiger partial charge >= 0.3 is 0 Å². The van der Waals surface area contributed by atoms with Crippen LogP contribution in [0, 0.1) is 5.92 Å². The topological polar surface area (TPSA) is 197 Å². The maximum absolute atomic E-state index is 14.3. The summed E-state index contributed by atoms with van der Waals surface area (Å²) >= 11 is 0. The summed E-state index contributed by atoms with van der Waals surface area (Å²) in [6, 6.07) is 7.32. The maximum Gasteiger partial charge on any atom is 0.284 e. The quantitative estimate of drug-likeness (QED) is 0.163. The van der Waals surface area contributed by atoms with Gasteiger partial charge in [0.05, 0.1) is 54.8 Å². The number of aromatic nitrogens is 6. The summed E-state index contributed by atoms with van der Waals surface area (Å²) in [6.45, 7) is 5.59. The van der Waals surface area contributed by atoms with Gasteiger partial charge in [-0.2, -0.15) is 10.2 Å². The van der Waals surface area contributed by atoms with Crippen molar-refractivity contribution in [2.45, 2.75) is 75.5 Å². The molecule has 18 nitrogen and oxygen atoms in total. The van der Waals surface area contributed by atoms with E-state index in [1.54, 1.807) is 29.1 Å². The highest BCUT2D eigenvalue weighted by Gasteiger charge is 2.40. The number of nitrogens with one attached hydrogen (secondary N) is 3. The Bertz CT molecular complexity index is 2490. The lowest BCUT2D eigenvalue weighted by Gasteiger charge is -2.38. The number of hydrogen-bond acceptors (Lipinski definition) is 13. The molecular formula is C41H46F2N12O6. The van der Waals surface area contributed by atoms with E-state index in [1.807, 2.05) is 6.07 Å². The van der Waals surface area contributed by atoms with Crippen molar-refractivity contribution >= 4 is 57.4 Å². The number of morpholine rings is 1. The van der Waals surface area contributed by atoms with E-state index in [0.717, 1.165) is 77.2 Å². The molecule has 4 aromatic heterocycles. The molecule has 3 atom stereocenters. The smallest absolute Gasteiger partial charge is 0.284 e. The second-order valence-electron chi connectivity index (χ2n) is 16.8. The number of ether oxygens (including phenoxy) is 1. The lowest BCUT2D eigenvalue weighted by atomic mass is 9.85. The summed E-state index contributed by atoms with van der Waals surface area (Å²) in [5.74, 6) is -0.905. The van der Waals surface area contributed by atoms with Crippen molar-refractivity contribution in [3.63, 3.8) is 0 Å². The molecule has 2 bridgehead atoms. The molecule has 20 heteroatoms. The third kappa shape index (κ3) is 7.83. The first-order valence-corrected chi connectivity index (χ1v) is 21.0.